The largest absolute Gasteiger partial charge is 0.461 e. The highest BCUT2D eigenvalue weighted by atomic mass is 16.5. The van der Waals surface area contributed by atoms with E-state index in [-0.39, 0.29) is 24.2 Å². The van der Waals surface area contributed by atoms with Crippen LogP contribution in [0.3, 0.4) is 0 Å². The molecule has 1 saturated carbocycles. The smallest absolute Gasteiger partial charge is 0.297 e. The van der Waals surface area contributed by atoms with Gasteiger partial charge in [0, 0.05) is 20.0 Å². The van der Waals surface area contributed by atoms with E-state index in [1.54, 1.807) is 0 Å². The maximum Gasteiger partial charge on any atom is 0.297 e. The van der Waals surface area contributed by atoms with Crippen LogP contribution in [0.15, 0.2) is 18.2 Å². The van der Waals surface area contributed by atoms with Crippen LogP contribution in [0, 0.1) is 0 Å². The number of amides is 1. The third kappa shape index (κ3) is 5.04. The van der Waals surface area contributed by atoms with Crippen LogP contribution >= 0.6 is 0 Å². The number of aryl methyl sites for hydroxylation is 1. The fourth-order valence-electron chi connectivity index (χ4n) is 3.78. The van der Waals surface area contributed by atoms with Gasteiger partial charge in [-0.05, 0) is 56.2 Å². The third-order valence-electron chi connectivity index (χ3n) is 5.46. The fourth-order valence-corrected chi connectivity index (χ4v) is 3.78. The predicted octanol–water partition coefficient (Wildman–Crippen LogP) is 3.93. The van der Waals surface area contributed by atoms with Gasteiger partial charge in [0.25, 0.3) is 6.01 Å². The zero-order chi connectivity index (χ0) is 20.3. The Morgan fingerprint density at radius 2 is 1.89 bits per heavy atom. The van der Waals surface area contributed by atoms with Crippen molar-refractivity contribution >= 4 is 16.9 Å². The van der Waals surface area contributed by atoms with Crippen LogP contribution < -0.4 is 10.1 Å². The van der Waals surface area contributed by atoms with Crippen molar-refractivity contribution in [3.63, 3.8) is 0 Å². The summed E-state index contributed by atoms with van der Waals surface area (Å²) >= 11 is 0. The predicted molar refractivity (Wildman–Crippen MR) is 111 cm³/mol. The van der Waals surface area contributed by atoms with Gasteiger partial charge >= 0.3 is 0 Å². The van der Waals surface area contributed by atoms with Crippen LogP contribution in [0.25, 0.3) is 11.0 Å². The number of hydrogen-bond acceptors (Lipinski definition) is 4. The van der Waals surface area contributed by atoms with Gasteiger partial charge in [0.05, 0.1) is 23.7 Å². The lowest BCUT2D eigenvalue weighted by Crippen LogP contribution is -2.37. The normalized spacial score (nSPS) is 21.1. The number of hydrogen-bond donors (Lipinski definition) is 1. The molecule has 1 aliphatic rings. The maximum atomic E-state index is 11.1. The Morgan fingerprint density at radius 1 is 1.21 bits per heavy atom. The van der Waals surface area contributed by atoms with E-state index >= 15 is 0 Å². The van der Waals surface area contributed by atoms with E-state index in [1.807, 2.05) is 14.0 Å². The van der Waals surface area contributed by atoms with Gasteiger partial charge in [0.1, 0.15) is 6.10 Å². The molecule has 28 heavy (non-hydrogen) atoms. The van der Waals surface area contributed by atoms with Crippen LogP contribution in [-0.2, 0) is 16.6 Å². The number of carbonyl (C=O) groups excluding carboxylic acids is 1. The lowest BCUT2D eigenvalue weighted by atomic mass is 9.95. The molecule has 1 N–H and O–H groups in total. The lowest BCUT2D eigenvalue weighted by molar-refractivity contribution is -0.120. The van der Waals surface area contributed by atoms with E-state index in [9.17, 15) is 4.79 Å². The molecule has 2 aromatic rings. The highest BCUT2D eigenvalue weighted by molar-refractivity contribution is 5.77. The molecule has 0 bridgehead atoms. The monoisotopic (exact) mass is 387 g/mol. The molecule has 154 valence electrons. The minimum atomic E-state index is -0.0174. The molecule has 1 heterocycles. The zero-order valence-electron chi connectivity index (χ0n) is 17.7. The molecule has 1 amide bonds. The molecule has 1 aliphatic carbocycles. The summed E-state index contributed by atoms with van der Waals surface area (Å²) in [5.41, 5.74) is 3.41. The quantitative estimate of drug-likeness (QED) is 0.782. The Morgan fingerprint density at radius 3 is 2.54 bits per heavy atom. The van der Waals surface area contributed by atoms with Crippen molar-refractivity contribution in [2.75, 3.05) is 6.61 Å². The van der Waals surface area contributed by atoms with E-state index in [2.05, 4.69) is 46.9 Å². The summed E-state index contributed by atoms with van der Waals surface area (Å²) in [4.78, 5) is 15.8. The average Bonchev–Trinajstić information content (AvgIpc) is 2.96. The molecule has 0 radical (unpaired) electrons. The topological polar surface area (TPSA) is 65.4 Å². The number of benzene rings is 1. The molecular weight excluding hydrogens is 354 g/mol. The first-order valence-corrected chi connectivity index (χ1v) is 10.3. The summed E-state index contributed by atoms with van der Waals surface area (Å²) in [7, 11) is 2.02. The molecule has 0 spiro atoms. The summed E-state index contributed by atoms with van der Waals surface area (Å²) in [6.07, 6.45) is 4.27. The zero-order valence-corrected chi connectivity index (χ0v) is 17.7. The van der Waals surface area contributed by atoms with Gasteiger partial charge in [-0.2, -0.15) is 4.98 Å². The first-order valence-electron chi connectivity index (χ1n) is 10.3. The number of carbonyl (C=O) groups is 1. The van der Waals surface area contributed by atoms with Crippen molar-refractivity contribution in [2.24, 2.45) is 7.05 Å². The van der Waals surface area contributed by atoms with E-state index < -0.39 is 0 Å². The van der Waals surface area contributed by atoms with E-state index in [0.29, 0.717) is 18.5 Å². The van der Waals surface area contributed by atoms with Gasteiger partial charge < -0.3 is 14.8 Å². The molecule has 0 saturated heterocycles. The average molecular weight is 388 g/mol. The fraction of sp³-hybridized carbons (Fsp3) is 0.636. The van der Waals surface area contributed by atoms with Crippen molar-refractivity contribution < 1.29 is 14.3 Å². The van der Waals surface area contributed by atoms with Gasteiger partial charge in [-0.25, -0.2) is 0 Å². The van der Waals surface area contributed by atoms with Crippen molar-refractivity contribution in [1.29, 1.82) is 0 Å². The second-order valence-electron chi connectivity index (χ2n) is 8.31. The Bertz CT molecular complexity index is 807. The molecule has 3 rings (SSSR count). The van der Waals surface area contributed by atoms with Crippen LogP contribution in [0.2, 0.25) is 0 Å². The second-order valence-corrected chi connectivity index (χ2v) is 8.31. The standard InChI is InChI=1S/C22H33N3O3/c1-14(2)17-6-11-20-21(12-17)25(5)22(24-20)28-19-9-7-18(8-10-19)27-13-15(3)23-16(4)26/h6,11-12,14-15,18-19H,7-10,13H2,1-5H3,(H,23,26)/t15-,18-,19-/m0/s1. The highest BCUT2D eigenvalue weighted by Gasteiger charge is 2.25. The number of aromatic nitrogens is 2. The summed E-state index contributed by atoms with van der Waals surface area (Å²) < 4.78 is 14.3. The highest BCUT2D eigenvalue weighted by Crippen LogP contribution is 2.28. The van der Waals surface area contributed by atoms with Gasteiger partial charge in [0.15, 0.2) is 0 Å². The molecule has 6 nitrogen and oxygen atoms in total. The summed E-state index contributed by atoms with van der Waals surface area (Å²) in [5, 5.41) is 2.85. The molecule has 0 unspecified atom stereocenters. The van der Waals surface area contributed by atoms with Gasteiger partial charge in [-0.15, -0.1) is 0 Å². The van der Waals surface area contributed by atoms with Crippen molar-refractivity contribution in [3.8, 4) is 6.01 Å². The van der Waals surface area contributed by atoms with Crippen LogP contribution in [0.4, 0.5) is 0 Å². The van der Waals surface area contributed by atoms with Gasteiger partial charge in [0.2, 0.25) is 5.91 Å². The van der Waals surface area contributed by atoms with Crippen molar-refractivity contribution in [3.05, 3.63) is 23.8 Å². The Balaban J connectivity index is 1.53. The van der Waals surface area contributed by atoms with E-state index in [0.717, 1.165) is 36.7 Å². The first kappa shape index (κ1) is 20.6. The Kier molecular flexibility index (Phi) is 6.60. The minimum absolute atomic E-state index is 0.0174. The molecule has 1 fully saturated rings. The minimum Gasteiger partial charge on any atom is -0.461 e. The maximum absolute atomic E-state index is 11.1. The van der Waals surface area contributed by atoms with Crippen molar-refractivity contribution in [2.45, 2.75) is 77.5 Å². The Labute approximate surface area is 167 Å². The number of rotatable bonds is 7. The Hall–Kier alpha value is -2.08. The number of ether oxygens (including phenoxy) is 2. The molecular formula is C22H33N3O3. The van der Waals surface area contributed by atoms with Gasteiger partial charge in [-0.3, -0.25) is 9.36 Å². The van der Waals surface area contributed by atoms with Crippen molar-refractivity contribution in [1.82, 2.24) is 14.9 Å². The summed E-state index contributed by atoms with van der Waals surface area (Å²) in [6.45, 7) is 8.45. The number of nitrogens with zero attached hydrogens (tertiary/aromatic N) is 2. The summed E-state index contributed by atoms with van der Waals surface area (Å²) in [6, 6.07) is 7.18. The number of fused-ring (bicyclic) bond motifs is 1. The molecule has 1 atom stereocenters. The SMILES string of the molecule is CC(=O)N[C@@H](C)CO[C@H]1CC[C@H](Oc2nc3ccc(C(C)C)cc3n2C)CC1. The number of nitrogens with one attached hydrogen (secondary N) is 1. The second kappa shape index (κ2) is 8.95. The number of imidazole rings is 1. The molecule has 6 heteroatoms. The lowest BCUT2D eigenvalue weighted by Gasteiger charge is -2.29. The van der Waals surface area contributed by atoms with Gasteiger partial charge in [-0.1, -0.05) is 19.9 Å². The molecule has 1 aromatic carbocycles. The molecule has 0 aliphatic heterocycles. The van der Waals surface area contributed by atoms with E-state index in [4.69, 9.17) is 9.47 Å². The third-order valence-corrected chi connectivity index (χ3v) is 5.46. The summed E-state index contributed by atoms with van der Waals surface area (Å²) in [5.74, 6) is 0.475. The van der Waals surface area contributed by atoms with Crippen LogP contribution in [0.5, 0.6) is 6.01 Å². The van der Waals surface area contributed by atoms with Crippen LogP contribution in [-0.4, -0.2) is 40.3 Å². The molecule has 1 aromatic heterocycles. The van der Waals surface area contributed by atoms with Crippen LogP contribution in [0.1, 0.15) is 64.9 Å². The van der Waals surface area contributed by atoms with E-state index in [1.165, 1.54) is 12.5 Å². The first-order chi connectivity index (χ1) is 13.3.